The number of piperidine rings is 1. The Kier molecular flexibility index (Phi) is 4.62. The van der Waals surface area contributed by atoms with Gasteiger partial charge in [-0.25, -0.2) is 0 Å². The van der Waals surface area contributed by atoms with Gasteiger partial charge in [0.2, 0.25) is 0 Å². The van der Waals surface area contributed by atoms with Crippen molar-refractivity contribution in [1.82, 2.24) is 15.2 Å². The standard InChI is InChI=1S/C16H19N3OS/c20-16(15-5-3-11-21-15)18-13-6-9-19(10-7-13)12-14-4-1-2-8-17-14/h1-5,8,11,13H,6-7,9-10,12H2,(H,18,20). The Morgan fingerprint density at radius 3 is 2.81 bits per heavy atom. The summed E-state index contributed by atoms with van der Waals surface area (Å²) in [5.41, 5.74) is 1.11. The smallest absolute Gasteiger partial charge is 0.261 e. The van der Waals surface area contributed by atoms with E-state index < -0.39 is 0 Å². The number of amides is 1. The van der Waals surface area contributed by atoms with Crippen LogP contribution >= 0.6 is 11.3 Å². The van der Waals surface area contributed by atoms with Crippen LogP contribution in [0.2, 0.25) is 0 Å². The monoisotopic (exact) mass is 301 g/mol. The van der Waals surface area contributed by atoms with Gasteiger partial charge < -0.3 is 5.32 Å². The molecule has 3 rings (SSSR count). The van der Waals surface area contributed by atoms with Crippen LogP contribution in [0.15, 0.2) is 41.9 Å². The fourth-order valence-corrected chi connectivity index (χ4v) is 3.25. The molecular weight excluding hydrogens is 282 g/mol. The lowest BCUT2D eigenvalue weighted by Crippen LogP contribution is -2.44. The van der Waals surface area contributed by atoms with Crippen molar-refractivity contribution in [2.75, 3.05) is 13.1 Å². The summed E-state index contributed by atoms with van der Waals surface area (Å²) in [7, 11) is 0. The van der Waals surface area contributed by atoms with Crippen molar-refractivity contribution in [2.24, 2.45) is 0 Å². The first-order valence-corrected chi connectivity index (χ1v) is 8.16. The molecule has 4 nitrogen and oxygen atoms in total. The molecular formula is C16H19N3OS. The van der Waals surface area contributed by atoms with Gasteiger partial charge in [-0.3, -0.25) is 14.7 Å². The number of likely N-dealkylation sites (tertiary alicyclic amines) is 1. The lowest BCUT2D eigenvalue weighted by molar-refractivity contribution is 0.0912. The van der Waals surface area contributed by atoms with E-state index >= 15 is 0 Å². The molecule has 0 aliphatic carbocycles. The van der Waals surface area contributed by atoms with Gasteiger partial charge in [0.25, 0.3) is 5.91 Å². The minimum Gasteiger partial charge on any atom is -0.349 e. The molecule has 5 heteroatoms. The highest BCUT2D eigenvalue weighted by molar-refractivity contribution is 7.12. The molecule has 1 fully saturated rings. The second-order valence-corrected chi connectivity index (χ2v) is 6.27. The highest BCUT2D eigenvalue weighted by atomic mass is 32.1. The molecule has 1 aliphatic heterocycles. The Morgan fingerprint density at radius 2 is 2.14 bits per heavy atom. The van der Waals surface area contributed by atoms with Crippen LogP contribution in [0.5, 0.6) is 0 Å². The molecule has 2 aromatic heterocycles. The second kappa shape index (κ2) is 6.83. The first kappa shape index (κ1) is 14.2. The number of carbonyl (C=O) groups excluding carboxylic acids is 1. The molecule has 110 valence electrons. The highest BCUT2D eigenvalue weighted by Crippen LogP contribution is 2.15. The van der Waals surface area contributed by atoms with Crippen LogP contribution in [-0.4, -0.2) is 34.9 Å². The third-order valence-corrected chi connectivity index (χ3v) is 4.65. The highest BCUT2D eigenvalue weighted by Gasteiger charge is 2.21. The third kappa shape index (κ3) is 3.89. The van der Waals surface area contributed by atoms with Gasteiger partial charge in [-0.2, -0.15) is 0 Å². The van der Waals surface area contributed by atoms with Crippen molar-refractivity contribution in [3.8, 4) is 0 Å². The normalized spacial score (nSPS) is 16.8. The first-order chi connectivity index (χ1) is 10.3. The van der Waals surface area contributed by atoms with Crippen LogP contribution in [0.25, 0.3) is 0 Å². The molecule has 1 amide bonds. The number of nitrogens with one attached hydrogen (secondary N) is 1. The second-order valence-electron chi connectivity index (χ2n) is 5.32. The molecule has 0 atom stereocenters. The summed E-state index contributed by atoms with van der Waals surface area (Å²) in [6.07, 6.45) is 3.84. The Labute approximate surface area is 128 Å². The maximum atomic E-state index is 12.0. The van der Waals surface area contributed by atoms with E-state index in [0.29, 0.717) is 6.04 Å². The largest absolute Gasteiger partial charge is 0.349 e. The summed E-state index contributed by atoms with van der Waals surface area (Å²) < 4.78 is 0. The van der Waals surface area contributed by atoms with E-state index in [-0.39, 0.29) is 5.91 Å². The predicted octanol–water partition coefficient (Wildman–Crippen LogP) is 2.54. The molecule has 0 unspecified atom stereocenters. The number of rotatable bonds is 4. The van der Waals surface area contributed by atoms with E-state index in [1.165, 1.54) is 11.3 Å². The maximum absolute atomic E-state index is 12.0. The SMILES string of the molecule is O=C(NC1CCN(Cc2ccccn2)CC1)c1cccs1. The van der Waals surface area contributed by atoms with Crippen LogP contribution in [0.1, 0.15) is 28.2 Å². The van der Waals surface area contributed by atoms with Crippen molar-refractivity contribution in [3.05, 3.63) is 52.5 Å². The van der Waals surface area contributed by atoms with Gasteiger partial charge in [0, 0.05) is 31.9 Å². The average molecular weight is 301 g/mol. The molecule has 0 bridgehead atoms. The van der Waals surface area contributed by atoms with E-state index in [1.807, 2.05) is 35.8 Å². The number of carbonyl (C=O) groups is 1. The van der Waals surface area contributed by atoms with Crippen molar-refractivity contribution >= 4 is 17.2 Å². The van der Waals surface area contributed by atoms with Gasteiger partial charge >= 0.3 is 0 Å². The zero-order chi connectivity index (χ0) is 14.5. The van der Waals surface area contributed by atoms with Gasteiger partial charge in [0.15, 0.2) is 0 Å². The van der Waals surface area contributed by atoms with E-state index in [2.05, 4.69) is 21.3 Å². The molecule has 1 N–H and O–H groups in total. The maximum Gasteiger partial charge on any atom is 0.261 e. The summed E-state index contributed by atoms with van der Waals surface area (Å²) >= 11 is 1.49. The van der Waals surface area contributed by atoms with Crippen molar-refractivity contribution in [3.63, 3.8) is 0 Å². The van der Waals surface area contributed by atoms with Gasteiger partial charge in [-0.1, -0.05) is 12.1 Å². The van der Waals surface area contributed by atoms with Gasteiger partial charge in [-0.05, 0) is 36.4 Å². The Hall–Kier alpha value is -1.72. The minimum atomic E-state index is 0.0631. The van der Waals surface area contributed by atoms with Crippen LogP contribution in [0.4, 0.5) is 0 Å². The molecule has 2 aromatic rings. The minimum absolute atomic E-state index is 0.0631. The van der Waals surface area contributed by atoms with E-state index in [1.54, 1.807) is 0 Å². The van der Waals surface area contributed by atoms with Gasteiger partial charge in [0.1, 0.15) is 0 Å². The number of hydrogen-bond donors (Lipinski definition) is 1. The molecule has 0 spiro atoms. The zero-order valence-electron chi connectivity index (χ0n) is 11.9. The number of nitrogens with zero attached hydrogens (tertiary/aromatic N) is 2. The Morgan fingerprint density at radius 1 is 1.29 bits per heavy atom. The third-order valence-electron chi connectivity index (χ3n) is 3.78. The Bertz CT molecular complexity index is 562. The van der Waals surface area contributed by atoms with Crippen LogP contribution in [0.3, 0.4) is 0 Å². The summed E-state index contributed by atoms with van der Waals surface area (Å²) in [6.45, 7) is 2.91. The van der Waals surface area contributed by atoms with E-state index in [0.717, 1.165) is 43.0 Å². The van der Waals surface area contributed by atoms with Crippen LogP contribution in [0, 0.1) is 0 Å². The van der Waals surface area contributed by atoms with Crippen LogP contribution < -0.4 is 5.32 Å². The fraction of sp³-hybridized carbons (Fsp3) is 0.375. The lowest BCUT2D eigenvalue weighted by Gasteiger charge is -2.32. The molecule has 21 heavy (non-hydrogen) atoms. The van der Waals surface area contributed by atoms with E-state index in [4.69, 9.17) is 0 Å². The summed E-state index contributed by atoms with van der Waals surface area (Å²) in [5.74, 6) is 0.0631. The van der Waals surface area contributed by atoms with Crippen molar-refractivity contribution in [1.29, 1.82) is 0 Å². The summed E-state index contributed by atoms with van der Waals surface area (Å²) in [4.78, 5) is 19.6. The van der Waals surface area contributed by atoms with Gasteiger partial charge in [0.05, 0.1) is 10.6 Å². The fourth-order valence-electron chi connectivity index (χ4n) is 2.62. The summed E-state index contributed by atoms with van der Waals surface area (Å²) in [6, 6.07) is 10.1. The number of thiophene rings is 1. The molecule has 1 aliphatic rings. The molecule has 3 heterocycles. The van der Waals surface area contributed by atoms with Gasteiger partial charge in [-0.15, -0.1) is 11.3 Å². The van der Waals surface area contributed by atoms with Crippen molar-refractivity contribution < 1.29 is 4.79 Å². The Balaban J connectivity index is 1.46. The van der Waals surface area contributed by atoms with Crippen molar-refractivity contribution in [2.45, 2.75) is 25.4 Å². The number of hydrogen-bond acceptors (Lipinski definition) is 4. The topological polar surface area (TPSA) is 45.2 Å². The van der Waals surface area contributed by atoms with Crippen LogP contribution in [-0.2, 0) is 6.54 Å². The number of pyridine rings is 1. The number of aromatic nitrogens is 1. The predicted molar refractivity (Wildman–Crippen MR) is 84.3 cm³/mol. The first-order valence-electron chi connectivity index (χ1n) is 7.28. The average Bonchev–Trinajstić information content (AvgIpc) is 3.05. The molecule has 0 radical (unpaired) electrons. The zero-order valence-corrected chi connectivity index (χ0v) is 12.7. The molecule has 0 aromatic carbocycles. The van der Waals surface area contributed by atoms with E-state index in [9.17, 15) is 4.79 Å². The summed E-state index contributed by atoms with van der Waals surface area (Å²) in [5, 5.41) is 5.07. The lowest BCUT2D eigenvalue weighted by atomic mass is 10.0. The molecule has 0 saturated carbocycles. The molecule has 1 saturated heterocycles. The quantitative estimate of drug-likeness (QED) is 0.944.